The van der Waals surface area contributed by atoms with E-state index in [-0.39, 0.29) is 11.8 Å². The fourth-order valence-corrected chi connectivity index (χ4v) is 5.61. The van der Waals surface area contributed by atoms with Crippen molar-refractivity contribution in [3.05, 3.63) is 131 Å². The Morgan fingerprint density at radius 1 is 0.617 bits per heavy atom. The lowest BCUT2D eigenvalue weighted by atomic mass is 9.98. The van der Waals surface area contributed by atoms with Crippen molar-refractivity contribution in [3.63, 3.8) is 0 Å². The summed E-state index contributed by atoms with van der Waals surface area (Å²) >= 11 is 0. The van der Waals surface area contributed by atoms with Gasteiger partial charge in [-0.15, -0.1) is 0 Å². The Morgan fingerprint density at radius 3 is 1.68 bits per heavy atom. The van der Waals surface area contributed by atoms with Gasteiger partial charge in [0, 0.05) is 29.1 Å². The third-order valence-electron chi connectivity index (χ3n) is 7.95. The highest BCUT2D eigenvalue weighted by Gasteiger charge is 2.26. The molecule has 2 aliphatic rings. The Hall–Kier alpha value is -6.02. The van der Waals surface area contributed by atoms with Gasteiger partial charge < -0.3 is 20.1 Å². The fourth-order valence-electron chi connectivity index (χ4n) is 5.61. The molecule has 2 aromatic heterocycles. The van der Waals surface area contributed by atoms with Gasteiger partial charge in [-0.3, -0.25) is 9.59 Å². The van der Waals surface area contributed by atoms with Gasteiger partial charge in [-0.1, -0.05) is 56.3 Å². The second-order valence-electron chi connectivity index (χ2n) is 11.3. The van der Waals surface area contributed by atoms with Crippen LogP contribution in [-0.2, 0) is 9.59 Å². The molecule has 8 nitrogen and oxygen atoms in total. The molecule has 0 saturated heterocycles. The molecule has 0 radical (unpaired) electrons. The molecule has 2 N–H and O–H groups in total. The molecule has 8 heteroatoms. The number of hydrogen-bond acceptors (Lipinski definition) is 6. The number of pyridine rings is 2. The Morgan fingerprint density at radius 2 is 1.15 bits per heavy atom. The summed E-state index contributed by atoms with van der Waals surface area (Å²) in [7, 11) is 3.33. The van der Waals surface area contributed by atoms with Gasteiger partial charge in [0.05, 0.1) is 25.4 Å². The highest BCUT2D eigenvalue weighted by molar-refractivity contribution is 6.35. The molecule has 0 atom stereocenters. The number of hydrogen-bond donors (Lipinski definition) is 2. The van der Waals surface area contributed by atoms with Crippen LogP contribution in [0.4, 0.5) is 11.6 Å². The van der Waals surface area contributed by atoms with E-state index in [1.54, 1.807) is 26.6 Å². The molecule has 2 aliphatic heterocycles. The summed E-state index contributed by atoms with van der Waals surface area (Å²) in [5.74, 6) is 2.99. The molecule has 0 bridgehead atoms. The maximum atomic E-state index is 12.3. The second-order valence-corrected chi connectivity index (χ2v) is 11.3. The summed E-state index contributed by atoms with van der Waals surface area (Å²) in [4.78, 5) is 32.8. The summed E-state index contributed by atoms with van der Waals surface area (Å²) in [5, 5.41) is 5.58. The molecule has 0 fully saturated rings. The van der Waals surface area contributed by atoms with Gasteiger partial charge in [0.2, 0.25) is 0 Å². The summed E-state index contributed by atoms with van der Waals surface area (Å²) in [6.07, 6.45) is 7.12. The van der Waals surface area contributed by atoms with Gasteiger partial charge in [0.15, 0.2) is 0 Å². The molecular weight excluding hydrogens is 588 g/mol. The van der Waals surface area contributed by atoms with Gasteiger partial charge in [0.1, 0.15) is 23.1 Å². The van der Waals surface area contributed by atoms with Crippen LogP contribution in [-0.4, -0.2) is 36.0 Å². The van der Waals surface area contributed by atoms with Crippen LogP contribution in [0.15, 0.2) is 103 Å². The minimum atomic E-state index is -0.134. The number of nitrogens with one attached hydrogen (secondary N) is 2. The van der Waals surface area contributed by atoms with Crippen molar-refractivity contribution in [1.82, 2.24) is 9.97 Å². The SMILES string of the molecule is COc1ccc(C=C2C(=O)Nc3ncccc32)cc1-c1ccccc1.COc1ccc(C=C2C(=O)Nc3ncccc32)cc1C(C)C. The van der Waals surface area contributed by atoms with Crippen molar-refractivity contribution in [2.45, 2.75) is 19.8 Å². The number of carbonyl (C=O) groups is 2. The van der Waals surface area contributed by atoms with Crippen molar-refractivity contribution in [3.8, 4) is 22.6 Å². The van der Waals surface area contributed by atoms with Crippen molar-refractivity contribution >= 4 is 46.7 Å². The Kier molecular flexibility index (Phi) is 8.93. The Bertz CT molecular complexity index is 2030. The van der Waals surface area contributed by atoms with E-state index < -0.39 is 0 Å². The zero-order valence-electron chi connectivity index (χ0n) is 26.6. The zero-order valence-corrected chi connectivity index (χ0v) is 26.6. The molecule has 5 aromatic rings. The van der Waals surface area contributed by atoms with Gasteiger partial charge in [-0.25, -0.2) is 9.97 Å². The molecular formula is C39H34N4O4. The Balaban J connectivity index is 0.000000166. The maximum Gasteiger partial charge on any atom is 0.257 e. The molecule has 3 aromatic carbocycles. The number of nitrogens with zero attached hydrogens (tertiary/aromatic N) is 2. The predicted molar refractivity (Wildman–Crippen MR) is 187 cm³/mol. The van der Waals surface area contributed by atoms with Crippen LogP contribution in [0.3, 0.4) is 0 Å². The van der Waals surface area contributed by atoms with E-state index in [4.69, 9.17) is 9.47 Å². The molecule has 0 aliphatic carbocycles. The number of fused-ring (bicyclic) bond motifs is 2. The van der Waals surface area contributed by atoms with E-state index in [2.05, 4.69) is 40.5 Å². The largest absolute Gasteiger partial charge is 0.496 e. The summed E-state index contributed by atoms with van der Waals surface area (Å²) in [6, 6.07) is 29.4. The number of anilines is 2. The first-order valence-electron chi connectivity index (χ1n) is 15.2. The number of benzene rings is 3. The van der Waals surface area contributed by atoms with E-state index >= 15 is 0 Å². The molecule has 4 heterocycles. The lowest BCUT2D eigenvalue weighted by molar-refractivity contribution is -0.111. The van der Waals surface area contributed by atoms with E-state index in [0.29, 0.717) is 28.7 Å². The molecule has 234 valence electrons. The van der Waals surface area contributed by atoms with Gasteiger partial charge >= 0.3 is 0 Å². The van der Waals surface area contributed by atoms with Crippen LogP contribution in [0.2, 0.25) is 0 Å². The number of carbonyl (C=O) groups excluding carboxylic acids is 2. The number of rotatable bonds is 6. The number of ether oxygens (including phenoxy) is 2. The van der Waals surface area contributed by atoms with Crippen molar-refractivity contribution in [2.75, 3.05) is 24.9 Å². The zero-order chi connectivity index (χ0) is 32.9. The molecule has 0 spiro atoms. The van der Waals surface area contributed by atoms with Gasteiger partial charge in [0.25, 0.3) is 11.8 Å². The standard InChI is InChI=1S/C21H16N2O2.C18H18N2O2/c1-25-19-10-9-14(12-17(19)15-6-3-2-4-7-15)13-18-16-8-5-11-22-20(16)23-21(18)24;1-11(2)14-9-12(6-7-16(14)22-3)10-15-13-5-4-8-19-17(13)20-18(15)21/h2-13H,1H3,(H,22,23,24);4-11H,1-3H3,(H,19,20,21). The van der Waals surface area contributed by atoms with Gasteiger partial charge in [-0.2, -0.15) is 0 Å². The average molecular weight is 623 g/mol. The van der Waals surface area contributed by atoms with Crippen LogP contribution in [0.1, 0.15) is 47.6 Å². The molecule has 0 saturated carbocycles. The first-order valence-corrected chi connectivity index (χ1v) is 15.2. The highest BCUT2D eigenvalue weighted by atomic mass is 16.5. The van der Waals surface area contributed by atoms with Crippen molar-refractivity contribution < 1.29 is 19.1 Å². The lowest BCUT2D eigenvalue weighted by Crippen LogP contribution is -2.04. The average Bonchev–Trinajstić information content (AvgIpc) is 3.59. The first kappa shape index (κ1) is 31.0. The molecule has 47 heavy (non-hydrogen) atoms. The monoisotopic (exact) mass is 622 g/mol. The van der Waals surface area contributed by atoms with Crippen LogP contribution in [0.25, 0.3) is 34.4 Å². The van der Waals surface area contributed by atoms with Crippen LogP contribution in [0.5, 0.6) is 11.5 Å². The second kappa shape index (κ2) is 13.5. The highest BCUT2D eigenvalue weighted by Crippen LogP contribution is 2.35. The number of amides is 2. The number of aromatic nitrogens is 2. The van der Waals surface area contributed by atoms with Crippen LogP contribution < -0.4 is 20.1 Å². The normalized spacial score (nSPS) is 14.7. The smallest absolute Gasteiger partial charge is 0.257 e. The van der Waals surface area contributed by atoms with E-state index in [9.17, 15) is 9.59 Å². The van der Waals surface area contributed by atoms with E-state index in [1.807, 2.05) is 97.1 Å². The van der Waals surface area contributed by atoms with E-state index in [1.165, 1.54) is 0 Å². The van der Waals surface area contributed by atoms with Crippen molar-refractivity contribution in [2.24, 2.45) is 0 Å². The maximum absolute atomic E-state index is 12.3. The third-order valence-corrected chi connectivity index (χ3v) is 7.95. The molecule has 0 unspecified atom stereocenters. The van der Waals surface area contributed by atoms with Crippen molar-refractivity contribution in [1.29, 1.82) is 0 Å². The lowest BCUT2D eigenvalue weighted by Gasteiger charge is -2.12. The topological polar surface area (TPSA) is 102 Å². The fraction of sp³-hybridized carbons (Fsp3) is 0.128. The minimum Gasteiger partial charge on any atom is -0.496 e. The van der Waals surface area contributed by atoms with Gasteiger partial charge in [-0.05, 0) is 88.9 Å². The first-order chi connectivity index (χ1) is 22.9. The Labute approximate surface area is 273 Å². The summed E-state index contributed by atoms with van der Waals surface area (Å²) in [6.45, 7) is 4.24. The predicted octanol–water partition coefficient (Wildman–Crippen LogP) is 7.96. The molecule has 7 rings (SSSR count). The summed E-state index contributed by atoms with van der Waals surface area (Å²) in [5.41, 5.74) is 8.02. The number of methoxy groups -OCH3 is 2. The summed E-state index contributed by atoms with van der Waals surface area (Å²) < 4.78 is 10.9. The minimum absolute atomic E-state index is 0.115. The van der Waals surface area contributed by atoms with Crippen LogP contribution in [0, 0.1) is 0 Å². The van der Waals surface area contributed by atoms with Crippen LogP contribution >= 0.6 is 0 Å². The molecule has 2 amide bonds. The third kappa shape index (κ3) is 6.53. The van der Waals surface area contributed by atoms with E-state index in [0.717, 1.165) is 50.4 Å². The quantitative estimate of drug-likeness (QED) is 0.186.